The largest absolute Gasteiger partial charge is 0.481 e. The average molecular weight is 472 g/mol. The standard InChI is InChI=1S/C22H18BrNO4S/c23-21-17(9-10-29-21)19(11-20(25)26)24-22(27)28-12-18-15-7-3-1-5-13(15)14-6-2-4-8-16(14)18/h1-10,18-19H,11-12H2,(H,24,27)(H,25,26). The first kappa shape index (κ1) is 19.7. The summed E-state index contributed by atoms with van der Waals surface area (Å²) in [6.45, 7) is 0.185. The molecule has 148 valence electrons. The highest BCUT2D eigenvalue weighted by atomic mass is 79.9. The number of aliphatic carboxylic acids is 1. The third-order valence-corrected chi connectivity index (χ3v) is 6.77. The molecule has 0 fully saturated rings. The van der Waals surface area contributed by atoms with Crippen molar-refractivity contribution in [2.75, 3.05) is 6.61 Å². The van der Waals surface area contributed by atoms with Gasteiger partial charge in [0.2, 0.25) is 0 Å². The van der Waals surface area contributed by atoms with Gasteiger partial charge in [0.05, 0.1) is 16.2 Å². The highest BCUT2D eigenvalue weighted by molar-refractivity contribution is 9.11. The number of hydrogen-bond donors (Lipinski definition) is 2. The highest BCUT2D eigenvalue weighted by Crippen LogP contribution is 2.44. The number of ether oxygens (including phenoxy) is 1. The van der Waals surface area contributed by atoms with Crippen molar-refractivity contribution in [1.29, 1.82) is 0 Å². The Balaban J connectivity index is 1.48. The minimum absolute atomic E-state index is 0.0426. The minimum Gasteiger partial charge on any atom is -0.481 e. The van der Waals surface area contributed by atoms with Crippen molar-refractivity contribution in [2.45, 2.75) is 18.4 Å². The van der Waals surface area contributed by atoms with Gasteiger partial charge in [0.1, 0.15) is 6.61 Å². The zero-order valence-corrected chi connectivity index (χ0v) is 17.7. The zero-order chi connectivity index (χ0) is 20.4. The second-order valence-electron chi connectivity index (χ2n) is 6.77. The quantitative estimate of drug-likeness (QED) is 0.492. The molecule has 0 aliphatic heterocycles. The molecule has 1 atom stereocenters. The third-order valence-electron chi connectivity index (χ3n) is 5.04. The van der Waals surface area contributed by atoms with Crippen molar-refractivity contribution < 1.29 is 19.4 Å². The van der Waals surface area contributed by atoms with Crippen LogP contribution in [0.15, 0.2) is 63.8 Å². The fourth-order valence-electron chi connectivity index (χ4n) is 3.75. The maximum atomic E-state index is 12.5. The van der Waals surface area contributed by atoms with E-state index in [1.54, 1.807) is 6.07 Å². The summed E-state index contributed by atoms with van der Waals surface area (Å²) in [6, 6.07) is 17.4. The summed E-state index contributed by atoms with van der Waals surface area (Å²) >= 11 is 4.85. The molecular weight excluding hydrogens is 454 g/mol. The Hall–Kier alpha value is -2.64. The molecule has 0 radical (unpaired) electrons. The lowest BCUT2D eigenvalue weighted by Crippen LogP contribution is -2.31. The van der Waals surface area contributed by atoms with Crippen LogP contribution in [0.4, 0.5) is 4.79 Å². The van der Waals surface area contributed by atoms with E-state index in [0.29, 0.717) is 0 Å². The molecule has 1 aliphatic rings. The van der Waals surface area contributed by atoms with Gasteiger partial charge < -0.3 is 15.2 Å². The Morgan fingerprint density at radius 2 is 1.69 bits per heavy atom. The summed E-state index contributed by atoms with van der Waals surface area (Å²) in [7, 11) is 0. The summed E-state index contributed by atoms with van der Waals surface area (Å²) in [4.78, 5) is 23.7. The van der Waals surface area contributed by atoms with Crippen LogP contribution in [-0.2, 0) is 9.53 Å². The van der Waals surface area contributed by atoms with Crippen LogP contribution in [0.1, 0.15) is 35.1 Å². The van der Waals surface area contributed by atoms with Crippen LogP contribution in [0.5, 0.6) is 0 Å². The van der Waals surface area contributed by atoms with Crippen LogP contribution in [0.25, 0.3) is 11.1 Å². The maximum absolute atomic E-state index is 12.5. The number of rotatable bonds is 6. The van der Waals surface area contributed by atoms with Gasteiger partial charge in [-0.2, -0.15) is 0 Å². The molecule has 1 unspecified atom stereocenters. The lowest BCUT2D eigenvalue weighted by atomic mass is 9.98. The molecule has 7 heteroatoms. The summed E-state index contributed by atoms with van der Waals surface area (Å²) in [6.07, 6.45) is -0.851. The zero-order valence-electron chi connectivity index (χ0n) is 15.3. The topological polar surface area (TPSA) is 75.6 Å². The first-order valence-corrected chi connectivity index (χ1v) is 10.8. The Morgan fingerprint density at radius 3 is 2.24 bits per heavy atom. The Morgan fingerprint density at radius 1 is 1.07 bits per heavy atom. The van der Waals surface area contributed by atoms with Crippen LogP contribution in [-0.4, -0.2) is 23.8 Å². The molecule has 0 bridgehead atoms. The van der Waals surface area contributed by atoms with E-state index in [0.717, 1.165) is 31.6 Å². The molecule has 3 aromatic rings. The normalized spacial score (nSPS) is 13.4. The maximum Gasteiger partial charge on any atom is 0.407 e. The average Bonchev–Trinajstić information content (AvgIpc) is 3.27. The second-order valence-corrected chi connectivity index (χ2v) is 9.00. The third kappa shape index (κ3) is 4.06. The number of benzene rings is 2. The molecule has 1 aliphatic carbocycles. The molecule has 29 heavy (non-hydrogen) atoms. The van der Waals surface area contributed by atoms with Gasteiger partial charge in [-0.05, 0) is 49.6 Å². The van der Waals surface area contributed by atoms with Crippen molar-refractivity contribution >= 4 is 39.3 Å². The number of hydrogen-bond acceptors (Lipinski definition) is 4. The number of nitrogens with one attached hydrogen (secondary N) is 1. The van der Waals surface area contributed by atoms with Crippen LogP contribution < -0.4 is 5.32 Å². The van der Waals surface area contributed by atoms with Crippen LogP contribution in [0, 0.1) is 0 Å². The summed E-state index contributed by atoms with van der Waals surface area (Å²) in [5.41, 5.74) is 5.30. The van der Waals surface area contributed by atoms with Crippen molar-refractivity contribution in [3.8, 4) is 11.1 Å². The lowest BCUT2D eigenvalue weighted by molar-refractivity contribution is -0.137. The Kier molecular flexibility index (Phi) is 5.69. The van der Waals surface area contributed by atoms with Gasteiger partial charge in [-0.15, -0.1) is 11.3 Å². The molecule has 0 spiro atoms. The van der Waals surface area contributed by atoms with Crippen molar-refractivity contribution in [3.63, 3.8) is 0 Å². The molecule has 1 heterocycles. The summed E-state index contributed by atoms with van der Waals surface area (Å²) in [5, 5.41) is 13.7. The lowest BCUT2D eigenvalue weighted by Gasteiger charge is -2.19. The monoisotopic (exact) mass is 471 g/mol. The predicted octanol–water partition coefficient (Wildman–Crippen LogP) is 5.57. The van der Waals surface area contributed by atoms with Gasteiger partial charge in [0, 0.05) is 11.5 Å². The fourth-order valence-corrected chi connectivity index (χ4v) is 5.16. The molecule has 2 N–H and O–H groups in total. The number of carbonyl (C=O) groups is 2. The van der Waals surface area contributed by atoms with E-state index in [9.17, 15) is 14.7 Å². The molecule has 4 rings (SSSR count). The minimum atomic E-state index is -0.993. The smallest absolute Gasteiger partial charge is 0.407 e. The number of carboxylic acids is 1. The van der Waals surface area contributed by atoms with E-state index < -0.39 is 18.1 Å². The van der Waals surface area contributed by atoms with Crippen LogP contribution in [0.3, 0.4) is 0 Å². The van der Waals surface area contributed by atoms with E-state index in [4.69, 9.17) is 4.74 Å². The van der Waals surface area contributed by atoms with Gasteiger partial charge in [0.25, 0.3) is 0 Å². The van der Waals surface area contributed by atoms with Crippen molar-refractivity contribution in [3.05, 3.63) is 80.5 Å². The van der Waals surface area contributed by atoms with Crippen molar-refractivity contribution in [2.24, 2.45) is 0 Å². The molecule has 2 aromatic carbocycles. The van der Waals surface area contributed by atoms with E-state index >= 15 is 0 Å². The molecule has 1 amide bonds. The molecular formula is C22H18BrNO4S. The Labute approximate surface area is 180 Å². The first-order chi connectivity index (χ1) is 14.0. The molecule has 0 saturated carbocycles. The van der Waals surface area contributed by atoms with Gasteiger partial charge in [0.15, 0.2) is 0 Å². The number of fused-ring (bicyclic) bond motifs is 3. The number of thiophene rings is 1. The van der Waals surface area contributed by atoms with Gasteiger partial charge in [-0.25, -0.2) is 4.79 Å². The summed E-state index contributed by atoms with van der Waals surface area (Å²) in [5.74, 6) is -1.04. The second kappa shape index (κ2) is 8.39. The number of carboxylic acid groups (broad SMARTS) is 1. The Bertz CT molecular complexity index is 1020. The number of halogens is 1. The number of alkyl carbamates (subject to hydrolysis) is 1. The highest BCUT2D eigenvalue weighted by Gasteiger charge is 2.29. The van der Waals surface area contributed by atoms with E-state index in [-0.39, 0.29) is 18.9 Å². The van der Waals surface area contributed by atoms with Gasteiger partial charge in [-0.3, -0.25) is 4.79 Å². The SMILES string of the molecule is O=C(O)CC(NC(=O)OCC1c2ccccc2-c2ccccc21)c1ccsc1Br. The fraction of sp³-hybridized carbons (Fsp3) is 0.182. The van der Waals surface area contributed by atoms with E-state index in [1.807, 2.05) is 29.6 Å². The van der Waals surface area contributed by atoms with Gasteiger partial charge in [-0.1, -0.05) is 48.5 Å². The molecule has 0 saturated heterocycles. The predicted molar refractivity (Wildman–Crippen MR) is 115 cm³/mol. The van der Waals surface area contributed by atoms with Crippen molar-refractivity contribution in [1.82, 2.24) is 5.32 Å². The van der Waals surface area contributed by atoms with E-state index in [2.05, 4.69) is 45.5 Å². The molecule has 1 aromatic heterocycles. The van der Waals surface area contributed by atoms with Gasteiger partial charge >= 0.3 is 12.1 Å². The van der Waals surface area contributed by atoms with Crippen LogP contribution in [0.2, 0.25) is 0 Å². The van der Waals surface area contributed by atoms with Crippen LogP contribution >= 0.6 is 27.3 Å². The first-order valence-electron chi connectivity index (χ1n) is 9.10. The molecule has 5 nitrogen and oxygen atoms in total. The summed E-state index contributed by atoms with van der Waals surface area (Å²) < 4.78 is 6.33. The van der Waals surface area contributed by atoms with E-state index in [1.165, 1.54) is 11.3 Å². The number of amides is 1. The number of carbonyl (C=O) groups excluding carboxylic acids is 1.